The van der Waals surface area contributed by atoms with Crippen LogP contribution in [0.25, 0.3) is 0 Å². The highest BCUT2D eigenvalue weighted by atomic mass is 16.5. The molecule has 3 N–H and O–H groups in total. The van der Waals surface area contributed by atoms with Crippen molar-refractivity contribution in [1.82, 2.24) is 0 Å². The summed E-state index contributed by atoms with van der Waals surface area (Å²) >= 11 is 0. The Balaban J connectivity index is 1.95. The van der Waals surface area contributed by atoms with Crippen molar-refractivity contribution in [3.05, 3.63) is 23.5 Å². The van der Waals surface area contributed by atoms with Crippen LogP contribution in [-0.4, -0.2) is 46.0 Å². The maximum Gasteiger partial charge on any atom is 0.153 e. The van der Waals surface area contributed by atoms with Gasteiger partial charge in [0.2, 0.25) is 0 Å². The topological polar surface area (TPSA) is 87.0 Å². The summed E-state index contributed by atoms with van der Waals surface area (Å²) < 4.78 is 5.33. The maximum atomic E-state index is 13.6. The number of rotatable bonds is 1. The summed E-state index contributed by atoms with van der Waals surface area (Å²) in [7, 11) is 1.43. The second-order valence-corrected chi connectivity index (χ2v) is 8.65. The summed E-state index contributed by atoms with van der Waals surface area (Å²) in [6.45, 7) is 6.05. The number of aliphatic hydroxyl groups excluding tert-OH is 2. The van der Waals surface area contributed by atoms with E-state index < -0.39 is 29.1 Å². The van der Waals surface area contributed by atoms with E-state index in [9.17, 15) is 20.1 Å². The van der Waals surface area contributed by atoms with Crippen LogP contribution in [0.5, 0.6) is 0 Å². The number of hydrogen-bond acceptors (Lipinski definition) is 5. The molecule has 132 valence electrons. The van der Waals surface area contributed by atoms with Gasteiger partial charge in [-0.15, -0.1) is 0 Å². The average molecular weight is 334 g/mol. The Hall–Kier alpha value is -1.17. The van der Waals surface area contributed by atoms with Crippen LogP contribution in [0.1, 0.15) is 33.6 Å². The lowest BCUT2D eigenvalue weighted by molar-refractivity contribution is -0.185. The second kappa shape index (κ2) is 4.51. The zero-order valence-electron chi connectivity index (χ0n) is 14.6. The molecule has 24 heavy (non-hydrogen) atoms. The summed E-state index contributed by atoms with van der Waals surface area (Å²) in [5, 5.41) is 32.9. The molecule has 4 rings (SSSR count). The van der Waals surface area contributed by atoms with Crippen LogP contribution in [0.3, 0.4) is 0 Å². The predicted octanol–water partition coefficient (Wildman–Crippen LogP) is 1.18. The van der Waals surface area contributed by atoms with Gasteiger partial charge in [0.15, 0.2) is 5.78 Å². The maximum absolute atomic E-state index is 13.6. The lowest BCUT2D eigenvalue weighted by Gasteiger charge is -2.44. The zero-order valence-corrected chi connectivity index (χ0v) is 14.6. The van der Waals surface area contributed by atoms with Gasteiger partial charge in [-0.3, -0.25) is 4.79 Å². The number of aliphatic hydroxyl groups is 3. The molecule has 0 amide bonds. The Morgan fingerprint density at radius 3 is 2.54 bits per heavy atom. The van der Waals surface area contributed by atoms with E-state index in [1.165, 1.54) is 7.11 Å². The Labute approximate surface area is 142 Å². The number of fused-ring (bicyclic) bond motifs is 3. The fourth-order valence-electron chi connectivity index (χ4n) is 5.97. The molecular weight excluding hydrogens is 308 g/mol. The predicted molar refractivity (Wildman–Crippen MR) is 86.7 cm³/mol. The number of ketones is 1. The van der Waals surface area contributed by atoms with Crippen LogP contribution >= 0.6 is 0 Å². The molecule has 1 spiro atoms. The number of Topliss-reactive ketones (excluding diaryl/α,β-unsaturated/α-hetero) is 1. The Kier molecular flexibility index (Phi) is 3.06. The van der Waals surface area contributed by atoms with Gasteiger partial charge in [0.05, 0.1) is 12.5 Å². The summed E-state index contributed by atoms with van der Waals surface area (Å²) in [5.41, 5.74) is -2.61. The van der Waals surface area contributed by atoms with E-state index in [1.807, 2.05) is 0 Å². The molecule has 0 heterocycles. The van der Waals surface area contributed by atoms with Crippen molar-refractivity contribution in [2.45, 2.75) is 51.4 Å². The minimum Gasteiger partial charge on any atom is -0.499 e. The number of carbonyl (C=O) groups excluding carboxylic acids is 1. The molecule has 4 aliphatic rings. The molecule has 5 heteroatoms. The first-order valence-corrected chi connectivity index (χ1v) is 8.71. The van der Waals surface area contributed by atoms with Gasteiger partial charge in [-0.25, -0.2) is 0 Å². The highest BCUT2D eigenvalue weighted by Gasteiger charge is 2.74. The molecule has 2 fully saturated rings. The molecule has 2 bridgehead atoms. The van der Waals surface area contributed by atoms with Crippen molar-refractivity contribution in [2.24, 2.45) is 28.6 Å². The minimum absolute atomic E-state index is 0.0701. The quantitative estimate of drug-likeness (QED) is 0.627. The number of carbonyl (C=O) groups is 1. The highest BCUT2D eigenvalue weighted by Crippen LogP contribution is 2.70. The van der Waals surface area contributed by atoms with E-state index >= 15 is 0 Å². The van der Waals surface area contributed by atoms with Gasteiger partial charge in [-0.1, -0.05) is 19.9 Å². The van der Waals surface area contributed by atoms with Crippen LogP contribution in [0, 0.1) is 28.6 Å². The number of allylic oxidation sites excluding steroid dienone is 1. The normalized spacial score (nSPS) is 51.6. The van der Waals surface area contributed by atoms with Crippen molar-refractivity contribution < 1.29 is 24.9 Å². The first kappa shape index (κ1) is 16.3. The van der Waals surface area contributed by atoms with Crippen molar-refractivity contribution in [1.29, 1.82) is 0 Å². The molecular formula is C19H26O5. The van der Waals surface area contributed by atoms with Crippen molar-refractivity contribution in [3.8, 4) is 0 Å². The van der Waals surface area contributed by atoms with Gasteiger partial charge >= 0.3 is 0 Å². The van der Waals surface area contributed by atoms with Crippen LogP contribution < -0.4 is 0 Å². The number of methoxy groups -OCH3 is 1. The van der Waals surface area contributed by atoms with Gasteiger partial charge < -0.3 is 20.1 Å². The van der Waals surface area contributed by atoms with E-state index in [1.54, 1.807) is 19.1 Å². The number of ether oxygens (including phenoxy) is 1. The lowest BCUT2D eigenvalue weighted by atomic mass is 9.64. The Morgan fingerprint density at radius 1 is 1.25 bits per heavy atom. The van der Waals surface area contributed by atoms with Crippen LogP contribution in [0.15, 0.2) is 23.5 Å². The van der Waals surface area contributed by atoms with Crippen LogP contribution in [-0.2, 0) is 9.53 Å². The zero-order chi connectivity index (χ0) is 17.7. The van der Waals surface area contributed by atoms with Gasteiger partial charge in [-0.2, -0.15) is 0 Å². The third-order valence-electron chi connectivity index (χ3n) is 7.42. The van der Waals surface area contributed by atoms with Crippen molar-refractivity contribution in [3.63, 3.8) is 0 Å². The summed E-state index contributed by atoms with van der Waals surface area (Å²) in [6.07, 6.45) is 1.94. The first-order chi connectivity index (χ1) is 11.1. The molecule has 0 saturated heterocycles. The van der Waals surface area contributed by atoms with Crippen LogP contribution in [0.4, 0.5) is 0 Å². The third-order valence-corrected chi connectivity index (χ3v) is 7.42. The van der Waals surface area contributed by atoms with Crippen LogP contribution in [0.2, 0.25) is 0 Å². The molecule has 7 atom stereocenters. The van der Waals surface area contributed by atoms with E-state index in [4.69, 9.17) is 4.74 Å². The average Bonchev–Trinajstić information content (AvgIpc) is 3.07. The van der Waals surface area contributed by atoms with Crippen molar-refractivity contribution in [2.75, 3.05) is 7.11 Å². The minimum atomic E-state index is -1.97. The molecule has 0 aromatic heterocycles. The largest absolute Gasteiger partial charge is 0.499 e. The van der Waals surface area contributed by atoms with Gasteiger partial charge in [0.1, 0.15) is 23.6 Å². The fourth-order valence-corrected chi connectivity index (χ4v) is 5.97. The highest BCUT2D eigenvalue weighted by molar-refractivity contribution is 5.94. The monoisotopic (exact) mass is 334 g/mol. The summed E-state index contributed by atoms with van der Waals surface area (Å²) in [6, 6.07) is 0. The SMILES string of the molecule is COC1=CC2C(=O)[C@]3(C=C(C)[C@H](O)[C@@]3(O)[C@@H]1O)CC[C@@H]1[C@H]2C1(C)C. The molecule has 0 radical (unpaired) electrons. The van der Waals surface area contributed by atoms with E-state index in [0.29, 0.717) is 17.9 Å². The standard InChI is InChI=1S/C19H26O5/c1-9-8-18-6-5-11-13(17(11,2)3)10(15(18)21)7-12(24-4)16(22)19(18,23)14(9)20/h7-8,10-11,13-14,16,20,22-23H,5-6H2,1-4H3/t10?,11-,13+,14+,16-,18-,19-/m1/s1. The van der Waals surface area contributed by atoms with E-state index in [2.05, 4.69) is 13.8 Å². The third kappa shape index (κ3) is 1.54. The van der Waals surface area contributed by atoms with E-state index in [-0.39, 0.29) is 22.9 Å². The molecule has 1 unspecified atom stereocenters. The van der Waals surface area contributed by atoms with Gasteiger partial charge in [0, 0.05) is 5.92 Å². The fraction of sp³-hybridized carbons (Fsp3) is 0.737. The molecule has 0 aliphatic heterocycles. The smallest absolute Gasteiger partial charge is 0.153 e. The van der Waals surface area contributed by atoms with Gasteiger partial charge in [0.25, 0.3) is 0 Å². The molecule has 4 aliphatic carbocycles. The summed E-state index contributed by atoms with van der Waals surface area (Å²) in [4.78, 5) is 13.6. The first-order valence-electron chi connectivity index (χ1n) is 8.71. The molecule has 5 nitrogen and oxygen atoms in total. The Morgan fingerprint density at radius 2 is 1.92 bits per heavy atom. The molecule has 2 saturated carbocycles. The Bertz CT molecular complexity index is 677. The van der Waals surface area contributed by atoms with Crippen molar-refractivity contribution >= 4 is 5.78 Å². The molecule has 0 aromatic rings. The van der Waals surface area contributed by atoms with E-state index in [0.717, 1.165) is 6.42 Å². The number of hydrogen-bond donors (Lipinski definition) is 3. The summed E-state index contributed by atoms with van der Waals surface area (Å²) in [5.74, 6) is 0.287. The second-order valence-electron chi connectivity index (χ2n) is 8.65. The lowest BCUT2D eigenvalue weighted by Crippen LogP contribution is -2.62. The molecule has 0 aromatic carbocycles. The van der Waals surface area contributed by atoms with Gasteiger partial charge in [-0.05, 0) is 48.7 Å².